The number of hydrogen-bond acceptors (Lipinski definition) is 5. The van der Waals surface area contributed by atoms with Gasteiger partial charge >= 0.3 is 0 Å². The first-order valence-corrected chi connectivity index (χ1v) is 10.3. The fourth-order valence-electron chi connectivity index (χ4n) is 3.66. The largest absolute Gasteiger partial charge is 0.378 e. The van der Waals surface area contributed by atoms with E-state index in [1.807, 2.05) is 29.4 Å². The molecule has 0 radical (unpaired) electrons. The van der Waals surface area contributed by atoms with Gasteiger partial charge in [-0.15, -0.1) is 11.3 Å². The third kappa shape index (κ3) is 3.76. The molecule has 5 nitrogen and oxygen atoms in total. The zero-order valence-electron chi connectivity index (χ0n) is 15.0. The Morgan fingerprint density at radius 2 is 1.69 bits per heavy atom. The standard InChI is InChI=1S/C20H25N3O2S/c24-19(22-9-3-1-2-4-10-22)18-15-17(16-5-7-21-8-6-16)20(26-18)23-11-13-25-14-12-23/h5-8,15H,1-4,9-14H2. The monoisotopic (exact) mass is 371 g/mol. The number of thiophene rings is 1. The molecule has 2 saturated heterocycles. The normalized spacial score (nSPS) is 18.6. The van der Waals surface area contributed by atoms with Gasteiger partial charge in [0.1, 0.15) is 0 Å². The number of rotatable bonds is 3. The average Bonchev–Trinajstić information content (AvgIpc) is 2.97. The third-order valence-electron chi connectivity index (χ3n) is 5.11. The Hall–Kier alpha value is -1.92. The molecule has 2 aromatic heterocycles. The molecule has 0 atom stereocenters. The molecule has 138 valence electrons. The number of aromatic nitrogens is 1. The van der Waals surface area contributed by atoms with Gasteiger partial charge in [-0.25, -0.2) is 0 Å². The van der Waals surface area contributed by atoms with E-state index in [-0.39, 0.29) is 5.91 Å². The lowest BCUT2D eigenvalue weighted by molar-refractivity contribution is 0.0766. The van der Waals surface area contributed by atoms with Crippen molar-refractivity contribution in [2.45, 2.75) is 25.7 Å². The van der Waals surface area contributed by atoms with Crippen molar-refractivity contribution >= 4 is 22.2 Å². The van der Waals surface area contributed by atoms with Crippen LogP contribution in [-0.2, 0) is 4.74 Å². The maximum Gasteiger partial charge on any atom is 0.264 e. The first-order chi connectivity index (χ1) is 12.8. The predicted octanol–water partition coefficient (Wildman–Crippen LogP) is 3.66. The Morgan fingerprint density at radius 1 is 1.00 bits per heavy atom. The molecule has 4 rings (SSSR count). The van der Waals surface area contributed by atoms with Crippen LogP contribution in [0.2, 0.25) is 0 Å². The Balaban J connectivity index is 1.67. The van der Waals surface area contributed by atoms with Gasteiger partial charge in [0.25, 0.3) is 5.91 Å². The Kier molecular flexibility index (Phi) is 5.51. The number of pyridine rings is 1. The molecule has 2 aromatic rings. The van der Waals surface area contributed by atoms with Gasteiger partial charge in [-0.05, 0) is 36.6 Å². The number of ether oxygens (including phenoxy) is 1. The van der Waals surface area contributed by atoms with Crippen LogP contribution in [0, 0.1) is 0 Å². The van der Waals surface area contributed by atoms with Gasteiger partial charge in [-0.1, -0.05) is 12.8 Å². The van der Waals surface area contributed by atoms with Gasteiger partial charge in [-0.2, -0.15) is 0 Å². The summed E-state index contributed by atoms with van der Waals surface area (Å²) in [5, 5.41) is 1.18. The fraction of sp³-hybridized carbons (Fsp3) is 0.500. The van der Waals surface area contributed by atoms with Crippen LogP contribution in [0.5, 0.6) is 0 Å². The van der Waals surface area contributed by atoms with Gasteiger partial charge in [0.2, 0.25) is 0 Å². The van der Waals surface area contributed by atoms with E-state index in [0.29, 0.717) is 0 Å². The molecule has 0 saturated carbocycles. The van der Waals surface area contributed by atoms with Crippen LogP contribution in [0.25, 0.3) is 11.1 Å². The smallest absolute Gasteiger partial charge is 0.264 e. The van der Waals surface area contributed by atoms with Gasteiger partial charge in [0, 0.05) is 44.1 Å². The summed E-state index contributed by atoms with van der Waals surface area (Å²) in [4.78, 5) is 22.5. The topological polar surface area (TPSA) is 45.7 Å². The summed E-state index contributed by atoms with van der Waals surface area (Å²) < 4.78 is 5.51. The van der Waals surface area contributed by atoms with E-state index in [4.69, 9.17) is 4.74 Å². The second kappa shape index (κ2) is 8.18. The molecule has 0 bridgehead atoms. The van der Waals surface area contributed by atoms with Crippen LogP contribution in [-0.4, -0.2) is 55.2 Å². The molecule has 2 fully saturated rings. The zero-order chi connectivity index (χ0) is 17.8. The van der Waals surface area contributed by atoms with E-state index >= 15 is 0 Å². The first-order valence-electron chi connectivity index (χ1n) is 9.49. The number of anilines is 1. The number of amides is 1. The van der Waals surface area contributed by atoms with Gasteiger partial charge in [0.05, 0.1) is 23.1 Å². The van der Waals surface area contributed by atoms with Gasteiger partial charge < -0.3 is 14.5 Å². The maximum atomic E-state index is 13.1. The third-order valence-corrected chi connectivity index (χ3v) is 6.29. The van der Waals surface area contributed by atoms with Crippen LogP contribution in [0.4, 0.5) is 5.00 Å². The number of likely N-dealkylation sites (tertiary alicyclic amines) is 1. The van der Waals surface area contributed by atoms with Crippen molar-refractivity contribution in [1.82, 2.24) is 9.88 Å². The molecule has 2 aliphatic rings. The molecule has 0 N–H and O–H groups in total. The summed E-state index contributed by atoms with van der Waals surface area (Å²) >= 11 is 1.63. The molecule has 1 amide bonds. The zero-order valence-corrected chi connectivity index (χ0v) is 15.8. The van der Waals surface area contributed by atoms with Crippen LogP contribution in [0.1, 0.15) is 35.4 Å². The van der Waals surface area contributed by atoms with Crippen LogP contribution >= 0.6 is 11.3 Å². The molecule has 0 spiro atoms. The molecule has 0 aliphatic carbocycles. The van der Waals surface area contributed by atoms with Crippen molar-refractivity contribution in [2.24, 2.45) is 0 Å². The van der Waals surface area contributed by atoms with E-state index in [0.717, 1.165) is 68.2 Å². The lowest BCUT2D eigenvalue weighted by atomic mass is 10.1. The number of hydrogen-bond donors (Lipinski definition) is 0. The highest BCUT2D eigenvalue weighted by molar-refractivity contribution is 7.18. The van der Waals surface area contributed by atoms with Crippen molar-refractivity contribution in [3.8, 4) is 11.1 Å². The lowest BCUT2D eigenvalue weighted by Crippen LogP contribution is -2.36. The lowest BCUT2D eigenvalue weighted by Gasteiger charge is -2.28. The highest BCUT2D eigenvalue weighted by Gasteiger charge is 2.24. The van der Waals surface area contributed by atoms with Crippen LogP contribution < -0.4 is 4.90 Å². The highest BCUT2D eigenvalue weighted by atomic mass is 32.1. The molecular weight excluding hydrogens is 346 g/mol. The number of carbonyl (C=O) groups is 1. The van der Waals surface area contributed by atoms with Crippen molar-refractivity contribution < 1.29 is 9.53 Å². The van der Waals surface area contributed by atoms with Crippen molar-refractivity contribution in [1.29, 1.82) is 0 Å². The number of nitrogens with zero attached hydrogens (tertiary/aromatic N) is 3. The number of carbonyl (C=O) groups excluding carboxylic acids is 1. The summed E-state index contributed by atoms with van der Waals surface area (Å²) in [7, 11) is 0. The summed E-state index contributed by atoms with van der Waals surface area (Å²) in [6, 6.07) is 6.12. The van der Waals surface area contributed by atoms with Crippen LogP contribution in [0.3, 0.4) is 0 Å². The van der Waals surface area contributed by atoms with Crippen molar-refractivity contribution in [3.05, 3.63) is 35.5 Å². The van der Waals surface area contributed by atoms with E-state index < -0.39 is 0 Å². The average molecular weight is 372 g/mol. The van der Waals surface area contributed by atoms with E-state index in [9.17, 15) is 4.79 Å². The van der Waals surface area contributed by atoms with E-state index in [2.05, 4.69) is 16.0 Å². The van der Waals surface area contributed by atoms with Crippen LogP contribution in [0.15, 0.2) is 30.6 Å². The minimum Gasteiger partial charge on any atom is -0.378 e. The molecule has 0 unspecified atom stereocenters. The highest BCUT2D eigenvalue weighted by Crippen LogP contribution is 2.39. The number of morpholine rings is 1. The molecule has 26 heavy (non-hydrogen) atoms. The van der Waals surface area contributed by atoms with Gasteiger partial charge in [-0.3, -0.25) is 9.78 Å². The molecule has 2 aliphatic heterocycles. The van der Waals surface area contributed by atoms with E-state index in [1.54, 1.807) is 11.3 Å². The maximum absolute atomic E-state index is 13.1. The molecule has 0 aromatic carbocycles. The summed E-state index contributed by atoms with van der Waals surface area (Å²) in [6.07, 6.45) is 8.32. The quantitative estimate of drug-likeness (QED) is 0.826. The SMILES string of the molecule is O=C(c1cc(-c2ccncc2)c(N2CCOCC2)s1)N1CCCCCC1. The second-order valence-corrected chi connectivity index (χ2v) is 7.90. The summed E-state index contributed by atoms with van der Waals surface area (Å²) in [5.74, 6) is 0.187. The second-order valence-electron chi connectivity index (χ2n) is 6.87. The minimum absolute atomic E-state index is 0.187. The van der Waals surface area contributed by atoms with E-state index in [1.165, 1.54) is 17.8 Å². The molecular formula is C20H25N3O2S. The molecule has 4 heterocycles. The van der Waals surface area contributed by atoms with Gasteiger partial charge in [0.15, 0.2) is 0 Å². The van der Waals surface area contributed by atoms with Crippen molar-refractivity contribution in [3.63, 3.8) is 0 Å². The summed E-state index contributed by atoms with van der Waals surface area (Å²) in [5.41, 5.74) is 2.25. The Morgan fingerprint density at radius 3 is 2.38 bits per heavy atom. The predicted molar refractivity (Wildman–Crippen MR) is 105 cm³/mol. The van der Waals surface area contributed by atoms with Crippen molar-refractivity contribution in [2.75, 3.05) is 44.3 Å². The fourth-order valence-corrected chi connectivity index (χ4v) is 4.86. The first kappa shape index (κ1) is 17.5. The molecule has 6 heteroatoms. The summed E-state index contributed by atoms with van der Waals surface area (Å²) in [6.45, 7) is 4.99. The Bertz CT molecular complexity index is 733. The minimum atomic E-state index is 0.187. The Labute approximate surface area is 158 Å².